The van der Waals surface area contributed by atoms with E-state index in [0.717, 1.165) is 16.9 Å². The standard InChI is InChI=1S/C13H21NO3S/c1-10-6-7-11(13(9-10)17-2)12(14)5-4-8-18(3,15)16/h6-7,9,12H,4-5,8,14H2,1-3H3. The Hall–Kier alpha value is -1.07. The molecule has 0 amide bonds. The monoisotopic (exact) mass is 271 g/mol. The van der Waals surface area contributed by atoms with E-state index < -0.39 is 9.84 Å². The van der Waals surface area contributed by atoms with Crippen LogP contribution in [0.5, 0.6) is 5.75 Å². The van der Waals surface area contributed by atoms with E-state index in [-0.39, 0.29) is 11.8 Å². The number of nitrogens with two attached hydrogens (primary N) is 1. The largest absolute Gasteiger partial charge is 0.496 e. The molecule has 1 aromatic carbocycles. The molecular weight excluding hydrogens is 250 g/mol. The second-order valence-corrected chi connectivity index (χ2v) is 6.88. The lowest BCUT2D eigenvalue weighted by Gasteiger charge is -2.16. The summed E-state index contributed by atoms with van der Waals surface area (Å²) in [5.74, 6) is 0.941. The average Bonchev–Trinajstić information content (AvgIpc) is 2.26. The Morgan fingerprint density at radius 3 is 2.61 bits per heavy atom. The molecule has 0 bridgehead atoms. The molecule has 0 fully saturated rings. The first-order chi connectivity index (χ1) is 8.33. The van der Waals surface area contributed by atoms with E-state index in [4.69, 9.17) is 10.5 Å². The molecule has 1 unspecified atom stereocenters. The summed E-state index contributed by atoms with van der Waals surface area (Å²) >= 11 is 0. The highest BCUT2D eigenvalue weighted by atomic mass is 32.2. The zero-order chi connectivity index (χ0) is 13.8. The Kier molecular flexibility index (Phi) is 5.16. The minimum absolute atomic E-state index is 0.175. The Balaban J connectivity index is 2.69. The minimum Gasteiger partial charge on any atom is -0.496 e. The molecule has 2 N–H and O–H groups in total. The molecule has 0 spiro atoms. The van der Waals surface area contributed by atoms with Gasteiger partial charge in [0.2, 0.25) is 0 Å². The van der Waals surface area contributed by atoms with Crippen LogP contribution >= 0.6 is 0 Å². The van der Waals surface area contributed by atoms with Crippen LogP contribution < -0.4 is 10.5 Å². The second kappa shape index (κ2) is 6.20. The predicted octanol–water partition coefficient (Wildman–Crippen LogP) is 1.83. The first-order valence-corrected chi connectivity index (χ1v) is 7.97. The highest BCUT2D eigenvalue weighted by molar-refractivity contribution is 7.90. The number of hydrogen-bond donors (Lipinski definition) is 1. The molecule has 1 rings (SSSR count). The second-order valence-electron chi connectivity index (χ2n) is 4.62. The molecule has 102 valence electrons. The van der Waals surface area contributed by atoms with E-state index in [1.54, 1.807) is 7.11 Å². The van der Waals surface area contributed by atoms with E-state index in [1.165, 1.54) is 6.26 Å². The predicted molar refractivity (Wildman–Crippen MR) is 73.6 cm³/mol. The third-order valence-electron chi connectivity index (χ3n) is 2.82. The van der Waals surface area contributed by atoms with Crippen molar-refractivity contribution in [3.8, 4) is 5.75 Å². The molecule has 0 radical (unpaired) electrons. The van der Waals surface area contributed by atoms with E-state index >= 15 is 0 Å². The SMILES string of the molecule is COc1cc(C)ccc1C(N)CCCS(C)(=O)=O. The fraction of sp³-hybridized carbons (Fsp3) is 0.538. The molecule has 5 heteroatoms. The molecule has 0 aromatic heterocycles. The number of ether oxygens (including phenoxy) is 1. The Morgan fingerprint density at radius 1 is 1.39 bits per heavy atom. The minimum atomic E-state index is -2.91. The number of benzene rings is 1. The van der Waals surface area contributed by atoms with Gasteiger partial charge in [0.15, 0.2) is 0 Å². The Bertz CT molecular complexity index is 497. The van der Waals surface area contributed by atoms with Gasteiger partial charge in [0.1, 0.15) is 15.6 Å². The molecule has 0 aliphatic carbocycles. The van der Waals surface area contributed by atoms with Gasteiger partial charge in [0, 0.05) is 23.6 Å². The third kappa shape index (κ3) is 4.66. The lowest BCUT2D eigenvalue weighted by atomic mass is 10.0. The maximum Gasteiger partial charge on any atom is 0.147 e. The van der Waals surface area contributed by atoms with Crippen molar-refractivity contribution in [3.05, 3.63) is 29.3 Å². The van der Waals surface area contributed by atoms with Gasteiger partial charge in [-0.2, -0.15) is 0 Å². The van der Waals surface area contributed by atoms with Crippen molar-refractivity contribution in [2.75, 3.05) is 19.1 Å². The zero-order valence-corrected chi connectivity index (χ0v) is 12.0. The Morgan fingerprint density at radius 2 is 2.06 bits per heavy atom. The molecule has 0 aliphatic heterocycles. The lowest BCUT2D eigenvalue weighted by molar-refractivity contribution is 0.403. The smallest absolute Gasteiger partial charge is 0.147 e. The maximum atomic E-state index is 11.1. The molecule has 1 atom stereocenters. The van der Waals surface area contributed by atoms with E-state index in [2.05, 4.69) is 0 Å². The van der Waals surface area contributed by atoms with Gasteiger partial charge in [-0.05, 0) is 31.4 Å². The van der Waals surface area contributed by atoms with Crippen molar-refractivity contribution in [2.24, 2.45) is 5.73 Å². The molecular formula is C13H21NO3S. The summed E-state index contributed by atoms with van der Waals surface area (Å²) in [6.07, 6.45) is 2.44. The van der Waals surface area contributed by atoms with Crippen LogP contribution in [-0.2, 0) is 9.84 Å². The van der Waals surface area contributed by atoms with Crippen molar-refractivity contribution < 1.29 is 13.2 Å². The van der Waals surface area contributed by atoms with Crippen molar-refractivity contribution in [2.45, 2.75) is 25.8 Å². The fourth-order valence-electron chi connectivity index (χ4n) is 1.85. The van der Waals surface area contributed by atoms with Crippen LogP contribution in [-0.4, -0.2) is 27.5 Å². The van der Waals surface area contributed by atoms with Gasteiger partial charge in [0.25, 0.3) is 0 Å². The summed E-state index contributed by atoms with van der Waals surface area (Å²) in [4.78, 5) is 0. The van der Waals surface area contributed by atoms with Gasteiger partial charge in [-0.15, -0.1) is 0 Å². The van der Waals surface area contributed by atoms with Crippen LogP contribution in [0.15, 0.2) is 18.2 Å². The normalized spacial score (nSPS) is 13.3. The molecule has 0 heterocycles. The summed E-state index contributed by atoms with van der Waals surface area (Å²) in [6, 6.07) is 5.67. The van der Waals surface area contributed by atoms with Gasteiger partial charge < -0.3 is 10.5 Å². The molecule has 1 aromatic rings. The van der Waals surface area contributed by atoms with Crippen LogP contribution in [0.3, 0.4) is 0 Å². The fourth-order valence-corrected chi connectivity index (χ4v) is 2.54. The zero-order valence-electron chi connectivity index (χ0n) is 11.1. The van der Waals surface area contributed by atoms with Crippen LogP contribution in [0.4, 0.5) is 0 Å². The highest BCUT2D eigenvalue weighted by Crippen LogP contribution is 2.27. The van der Waals surface area contributed by atoms with Crippen LogP contribution in [0, 0.1) is 6.92 Å². The molecule has 18 heavy (non-hydrogen) atoms. The van der Waals surface area contributed by atoms with Crippen LogP contribution in [0.2, 0.25) is 0 Å². The third-order valence-corrected chi connectivity index (χ3v) is 3.85. The summed E-state index contributed by atoms with van der Waals surface area (Å²) in [5, 5.41) is 0. The number of aryl methyl sites for hydroxylation is 1. The first-order valence-electron chi connectivity index (χ1n) is 5.91. The molecule has 0 aliphatic rings. The van der Waals surface area contributed by atoms with Gasteiger partial charge in [-0.3, -0.25) is 0 Å². The lowest BCUT2D eigenvalue weighted by Crippen LogP contribution is -2.13. The van der Waals surface area contributed by atoms with Gasteiger partial charge >= 0.3 is 0 Å². The van der Waals surface area contributed by atoms with Crippen LogP contribution in [0.1, 0.15) is 30.0 Å². The molecule has 0 saturated heterocycles. The Labute approximate surface area is 109 Å². The van der Waals surface area contributed by atoms with Crippen LogP contribution in [0.25, 0.3) is 0 Å². The number of hydrogen-bond acceptors (Lipinski definition) is 4. The summed E-state index contributed by atoms with van der Waals surface area (Å²) in [6.45, 7) is 1.99. The van der Waals surface area contributed by atoms with Gasteiger partial charge in [0.05, 0.1) is 7.11 Å². The summed E-state index contributed by atoms with van der Waals surface area (Å²) in [7, 11) is -1.30. The van der Waals surface area contributed by atoms with Crippen molar-refractivity contribution in [1.29, 1.82) is 0 Å². The summed E-state index contributed by atoms with van der Waals surface area (Å²) < 4.78 is 27.4. The summed E-state index contributed by atoms with van der Waals surface area (Å²) in [5.41, 5.74) is 8.11. The van der Waals surface area contributed by atoms with Gasteiger partial charge in [-0.25, -0.2) is 8.42 Å². The number of methoxy groups -OCH3 is 1. The molecule has 4 nitrogen and oxygen atoms in total. The maximum absolute atomic E-state index is 11.1. The number of rotatable bonds is 6. The topological polar surface area (TPSA) is 69.4 Å². The van der Waals surface area contributed by atoms with E-state index in [0.29, 0.717) is 12.8 Å². The van der Waals surface area contributed by atoms with Crippen molar-refractivity contribution in [3.63, 3.8) is 0 Å². The average molecular weight is 271 g/mol. The van der Waals surface area contributed by atoms with Crippen molar-refractivity contribution >= 4 is 9.84 Å². The molecule has 0 saturated carbocycles. The van der Waals surface area contributed by atoms with Gasteiger partial charge in [-0.1, -0.05) is 12.1 Å². The number of sulfone groups is 1. The van der Waals surface area contributed by atoms with E-state index in [9.17, 15) is 8.42 Å². The highest BCUT2D eigenvalue weighted by Gasteiger charge is 2.13. The quantitative estimate of drug-likeness (QED) is 0.857. The van der Waals surface area contributed by atoms with E-state index in [1.807, 2.05) is 25.1 Å². The first kappa shape index (κ1) is 15.0. The van der Waals surface area contributed by atoms with Crippen molar-refractivity contribution in [1.82, 2.24) is 0 Å².